The number of H-pyrrole nitrogens is 1. The summed E-state index contributed by atoms with van der Waals surface area (Å²) < 4.78 is 23.2. The summed E-state index contributed by atoms with van der Waals surface area (Å²) in [6.07, 6.45) is 4.54. The largest absolute Gasteiger partial charge is 0.359 e. The molecule has 108 valence electrons. The van der Waals surface area contributed by atoms with Crippen molar-refractivity contribution in [2.75, 3.05) is 0 Å². The van der Waals surface area contributed by atoms with Crippen molar-refractivity contribution in [1.29, 1.82) is 0 Å². The van der Waals surface area contributed by atoms with Crippen LogP contribution < -0.4 is 0 Å². The van der Waals surface area contributed by atoms with Crippen LogP contribution in [0.2, 0.25) is 5.02 Å². The Morgan fingerprint density at radius 1 is 1.24 bits per heavy atom. The highest BCUT2D eigenvalue weighted by Gasteiger charge is 2.20. The number of hydrogen-bond acceptors (Lipinski definition) is 4. The van der Waals surface area contributed by atoms with E-state index in [9.17, 15) is 8.42 Å². The van der Waals surface area contributed by atoms with Gasteiger partial charge in [-0.2, -0.15) is 0 Å². The summed E-state index contributed by atoms with van der Waals surface area (Å²) in [6.45, 7) is 1.81. The predicted molar refractivity (Wildman–Crippen MR) is 82.1 cm³/mol. The molecule has 0 bridgehead atoms. The van der Waals surface area contributed by atoms with Gasteiger partial charge in [0.15, 0.2) is 0 Å². The average molecular weight is 342 g/mol. The van der Waals surface area contributed by atoms with Gasteiger partial charge in [-0.25, -0.2) is 13.4 Å². The number of halogens is 2. The summed E-state index contributed by atoms with van der Waals surface area (Å²) in [6, 6.07) is 3.22. The predicted octanol–water partition coefficient (Wildman–Crippen LogP) is 3.51. The van der Waals surface area contributed by atoms with Gasteiger partial charge in [0.05, 0.1) is 28.1 Å². The number of fused-ring (bicyclic) bond motifs is 1. The number of nitrogens with one attached hydrogen (secondary N) is 1. The Balaban J connectivity index is 2.38. The maximum absolute atomic E-state index is 11.6. The quantitative estimate of drug-likeness (QED) is 0.723. The van der Waals surface area contributed by atoms with Crippen molar-refractivity contribution in [1.82, 2.24) is 15.0 Å². The first-order chi connectivity index (χ1) is 9.88. The van der Waals surface area contributed by atoms with Gasteiger partial charge in [0.1, 0.15) is 4.90 Å². The number of nitrogens with zero attached hydrogens (tertiary/aromatic N) is 2. The zero-order chi connectivity index (χ0) is 15.2. The van der Waals surface area contributed by atoms with Crippen LogP contribution in [0.4, 0.5) is 0 Å². The van der Waals surface area contributed by atoms with Crippen LogP contribution in [0.15, 0.2) is 35.6 Å². The Bertz CT molecular complexity index is 951. The van der Waals surface area contributed by atoms with Crippen LogP contribution in [0, 0.1) is 6.92 Å². The highest BCUT2D eigenvalue weighted by atomic mass is 35.7. The zero-order valence-electron chi connectivity index (χ0n) is 10.8. The van der Waals surface area contributed by atoms with Gasteiger partial charge in [-0.3, -0.25) is 4.98 Å². The molecule has 1 aromatic carbocycles. The van der Waals surface area contributed by atoms with E-state index >= 15 is 0 Å². The van der Waals surface area contributed by atoms with Crippen molar-refractivity contribution in [3.05, 3.63) is 41.4 Å². The average Bonchev–Trinajstić information content (AvgIpc) is 2.82. The van der Waals surface area contributed by atoms with Gasteiger partial charge in [-0.05, 0) is 19.1 Å². The molecule has 21 heavy (non-hydrogen) atoms. The van der Waals surface area contributed by atoms with Crippen molar-refractivity contribution >= 4 is 42.2 Å². The fourth-order valence-corrected chi connectivity index (χ4v) is 3.45. The Kier molecular flexibility index (Phi) is 3.39. The third-order valence-corrected chi connectivity index (χ3v) is 4.72. The number of aromatic nitrogens is 3. The van der Waals surface area contributed by atoms with Gasteiger partial charge >= 0.3 is 0 Å². The molecule has 0 atom stereocenters. The van der Waals surface area contributed by atoms with Crippen molar-refractivity contribution in [2.45, 2.75) is 11.8 Å². The molecule has 3 rings (SSSR count). The highest BCUT2D eigenvalue weighted by Crippen LogP contribution is 2.36. The standard InChI is InChI=1S/C13H9Cl2N3O2S/c1-7-4-16-5-10(18-7)12-9(14)3-2-8-11(21(15,19)20)6-17-13(8)12/h2-6,17H,1H3. The molecule has 0 fully saturated rings. The molecule has 0 saturated heterocycles. The smallest absolute Gasteiger partial charge is 0.263 e. The molecule has 0 spiro atoms. The fraction of sp³-hybridized carbons (Fsp3) is 0.0769. The van der Waals surface area contributed by atoms with Crippen LogP contribution in [-0.2, 0) is 9.05 Å². The number of rotatable bonds is 2. The lowest BCUT2D eigenvalue weighted by molar-refractivity contribution is 0.610. The molecule has 1 N–H and O–H groups in total. The molecule has 2 heterocycles. The van der Waals surface area contributed by atoms with E-state index in [1.807, 2.05) is 6.92 Å². The van der Waals surface area contributed by atoms with Crippen LogP contribution in [0.3, 0.4) is 0 Å². The summed E-state index contributed by atoms with van der Waals surface area (Å²) in [5, 5.41) is 0.912. The van der Waals surface area contributed by atoms with Crippen LogP contribution in [-0.4, -0.2) is 23.4 Å². The minimum atomic E-state index is -3.84. The first kappa shape index (κ1) is 14.3. The normalized spacial score (nSPS) is 12.0. The van der Waals surface area contributed by atoms with E-state index in [0.29, 0.717) is 27.2 Å². The molecule has 3 aromatic rings. The molecule has 0 unspecified atom stereocenters. The fourth-order valence-electron chi connectivity index (χ4n) is 2.18. The Morgan fingerprint density at radius 2 is 2.00 bits per heavy atom. The third-order valence-electron chi connectivity index (χ3n) is 3.04. The number of hydrogen-bond donors (Lipinski definition) is 1. The molecule has 0 saturated carbocycles. The van der Waals surface area contributed by atoms with Crippen molar-refractivity contribution in [2.24, 2.45) is 0 Å². The minimum absolute atomic E-state index is 0.0118. The van der Waals surface area contributed by atoms with Gasteiger partial charge in [0, 0.05) is 34.0 Å². The summed E-state index contributed by atoms with van der Waals surface area (Å²) in [5.74, 6) is 0. The van der Waals surface area contributed by atoms with Gasteiger partial charge in [-0.1, -0.05) is 11.6 Å². The third kappa shape index (κ3) is 2.50. The first-order valence-electron chi connectivity index (χ1n) is 5.91. The molecule has 5 nitrogen and oxygen atoms in total. The van der Waals surface area contributed by atoms with Gasteiger partial charge in [-0.15, -0.1) is 0 Å². The number of aryl methyl sites for hydroxylation is 1. The molecule has 8 heteroatoms. The van der Waals surface area contributed by atoms with Crippen LogP contribution in [0.5, 0.6) is 0 Å². The maximum Gasteiger partial charge on any atom is 0.263 e. The summed E-state index contributed by atoms with van der Waals surface area (Å²) in [5.41, 5.74) is 2.45. The summed E-state index contributed by atoms with van der Waals surface area (Å²) in [7, 11) is 1.59. The van der Waals surface area contributed by atoms with Crippen molar-refractivity contribution < 1.29 is 8.42 Å². The lowest BCUT2D eigenvalue weighted by Gasteiger charge is -2.06. The van der Waals surface area contributed by atoms with E-state index in [2.05, 4.69) is 15.0 Å². The first-order valence-corrected chi connectivity index (χ1v) is 8.60. The Labute approximate surface area is 130 Å². The summed E-state index contributed by atoms with van der Waals surface area (Å²) in [4.78, 5) is 11.4. The monoisotopic (exact) mass is 341 g/mol. The lowest BCUT2D eigenvalue weighted by Crippen LogP contribution is -1.92. The second kappa shape index (κ2) is 4.98. The number of benzene rings is 1. The van der Waals surface area contributed by atoms with Crippen LogP contribution in [0.1, 0.15) is 5.69 Å². The second-order valence-electron chi connectivity index (χ2n) is 4.48. The summed E-state index contributed by atoms with van der Waals surface area (Å²) >= 11 is 6.24. The maximum atomic E-state index is 11.6. The van der Waals surface area contributed by atoms with Gasteiger partial charge in [0.2, 0.25) is 0 Å². The SMILES string of the molecule is Cc1cncc(-c2c(Cl)ccc3c(S(=O)(=O)Cl)c[nH]c23)n1. The molecule has 0 aliphatic heterocycles. The highest BCUT2D eigenvalue weighted by molar-refractivity contribution is 8.14. The van der Waals surface area contributed by atoms with E-state index in [1.165, 1.54) is 6.20 Å². The minimum Gasteiger partial charge on any atom is -0.359 e. The Morgan fingerprint density at radius 3 is 2.67 bits per heavy atom. The van der Waals surface area contributed by atoms with Crippen molar-refractivity contribution in [3.63, 3.8) is 0 Å². The zero-order valence-corrected chi connectivity index (χ0v) is 13.1. The van der Waals surface area contributed by atoms with E-state index in [0.717, 1.165) is 5.69 Å². The molecule has 2 aromatic heterocycles. The topological polar surface area (TPSA) is 75.7 Å². The molecule has 0 radical (unpaired) electrons. The second-order valence-corrected chi connectivity index (χ2v) is 7.42. The number of aromatic amines is 1. The molecule has 0 aliphatic rings. The van der Waals surface area contributed by atoms with E-state index in [4.69, 9.17) is 22.3 Å². The molecule has 0 amide bonds. The van der Waals surface area contributed by atoms with Crippen LogP contribution >= 0.6 is 22.3 Å². The van der Waals surface area contributed by atoms with Crippen LogP contribution in [0.25, 0.3) is 22.2 Å². The van der Waals surface area contributed by atoms with E-state index in [-0.39, 0.29) is 4.90 Å². The molecular formula is C13H9Cl2N3O2S. The van der Waals surface area contributed by atoms with Gasteiger partial charge in [0.25, 0.3) is 9.05 Å². The van der Waals surface area contributed by atoms with E-state index in [1.54, 1.807) is 24.5 Å². The molecular weight excluding hydrogens is 333 g/mol. The lowest BCUT2D eigenvalue weighted by atomic mass is 10.1. The Hall–Kier alpha value is -1.63. The van der Waals surface area contributed by atoms with Gasteiger partial charge < -0.3 is 4.98 Å². The molecule has 0 aliphatic carbocycles. The van der Waals surface area contributed by atoms with Crippen molar-refractivity contribution in [3.8, 4) is 11.3 Å². The van der Waals surface area contributed by atoms with E-state index < -0.39 is 9.05 Å².